The molecule has 0 radical (unpaired) electrons. The summed E-state index contributed by atoms with van der Waals surface area (Å²) in [6.07, 6.45) is 1.67. The van der Waals surface area contributed by atoms with Gasteiger partial charge in [0.2, 0.25) is 0 Å². The molecule has 1 aromatic rings. The maximum absolute atomic E-state index is 14.4. The largest absolute Gasteiger partial charge is 0.506 e. The maximum atomic E-state index is 14.4. The monoisotopic (exact) mass is 373 g/mol. The molecule has 0 atom stereocenters. The van der Waals surface area contributed by atoms with Crippen LogP contribution in [-0.4, -0.2) is 50.5 Å². The van der Waals surface area contributed by atoms with E-state index < -0.39 is 39.9 Å². The highest BCUT2D eigenvalue weighted by Gasteiger charge is 2.37. The Morgan fingerprint density at radius 2 is 2.08 bits per heavy atom. The van der Waals surface area contributed by atoms with E-state index in [1.165, 1.54) is 6.07 Å². The number of hydrogen-bond acceptors (Lipinski definition) is 5. The molecule has 2 N–H and O–H groups in total. The fraction of sp³-hybridized carbons (Fsp3) is 0.400. The predicted octanol–water partition coefficient (Wildman–Crippen LogP) is 0.814. The summed E-state index contributed by atoms with van der Waals surface area (Å²) >= 11 is 0. The van der Waals surface area contributed by atoms with E-state index in [0.717, 1.165) is 6.07 Å². The van der Waals surface area contributed by atoms with Gasteiger partial charge in [-0.3, -0.25) is 9.69 Å². The van der Waals surface area contributed by atoms with Crippen molar-refractivity contribution in [3.63, 3.8) is 0 Å². The average Bonchev–Trinajstić information content (AvgIpc) is 3.08. The van der Waals surface area contributed by atoms with Gasteiger partial charge in [-0.25, -0.2) is 17.8 Å². The molecule has 1 aromatic carbocycles. The van der Waals surface area contributed by atoms with Crippen molar-refractivity contribution in [2.24, 2.45) is 0 Å². The van der Waals surface area contributed by atoms with Crippen molar-refractivity contribution in [2.45, 2.75) is 12.8 Å². The van der Waals surface area contributed by atoms with Crippen LogP contribution in [0.1, 0.15) is 12.0 Å². The third kappa shape index (κ3) is 3.59. The van der Waals surface area contributed by atoms with Crippen LogP contribution in [0.2, 0.25) is 0 Å². The highest BCUT2D eigenvalue weighted by Crippen LogP contribution is 2.34. The number of halogens is 2. The summed E-state index contributed by atoms with van der Waals surface area (Å²) in [6, 6.07) is 2.41. The molecule has 2 heterocycles. The summed E-state index contributed by atoms with van der Waals surface area (Å²) in [7, 11) is -4.20. The SMILES string of the molecule is O=C1CN(c2c(O)cc(CCN3CCC(=CF)C3)cc2F)S(=O)(=O)N1. The van der Waals surface area contributed by atoms with Crippen molar-refractivity contribution in [3.8, 4) is 5.75 Å². The number of amides is 1. The molecule has 3 rings (SSSR count). The third-order valence-corrected chi connectivity index (χ3v) is 5.60. The lowest BCUT2D eigenvalue weighted by Crippen LogP contribution is -2.30. The van der Waals surface area contributed by atoms with Crippen molar-refractivity contribution >= 4 is 21.8 Å². The molecule has 2 aliphatic heterocycles. The fourth-order valence-corrected chi connectivity index (χ4v) is 4.16. The first kappa shape index (κ1) is 17.6. The molecular weight excluding hydrogens is 356 g/mol. The standard InChI is InChI=1S/C15H17F2N3O4S/c16-7-11-2-4-19(8-11)3-1-10-5-12(17)15(13(21)6-10)20-9-14(22)18-25(20,23)24/h5-7,21H,1-4,8-9H2,(H,18,22). The van der Waals surface area contributed by atoms with Crippen molar-refractivity contribution in [1.82, 2.24) is 9.62 Å². The van der Waals surface area contributed by atoms with Crippen LogP contribution >= 0.6 is 0 Å². The van der Waals surface area contributed by atoms with E-state index in [1.807, 2.05) is 4.90 Å². The van der Waals surface area contributed by atoms with E-state index in [2.05, 4.69) is 0 Å². The number of hydrogen-bond donors (Lipinski definition) is 2. The van der Waals surface area contributed by atoms with Gasteiger partial charge in [0.05, 0.1) is 6.33 Å². The van der Waals surface area contributed by atoms with Crippen LogP contribution in [0.5, 0.6) is 5.75 Å². The highest BCUT2D eigenvalue weighted by atomic mass is 32.2. The summed E-state index contributed by atoms with van der Waals surface area (Å²) in [5, 5.41) is 10.1. The number of phenolic OH excluding ortho intramolecular Hbond substituents is 1. The Hall–Kier alpha value is -2.20. The smallest absolute Gasteiger partial charge is 0.326 e. The zero-order chi connectivity index (χ0) is 18.2. The second kappa shape index (κ2) is 6.60. The fourth-order valence-electron chi connectivity index (χ4n) is 2.99. The quantitative estimate of drug-likeness (QED) is 0.815. The Kier molecular flexibility index (Phi) is 4.65. The number of likely N-dealkylation sites (tertiary alicyclic amines) is 1. The minimum absolute atomic E-state index is 0.411. The van der Waals surface area contributed by atoms with Crippen molar-refractivity contribution in [2.75, 3.05) is 30.5 Å². The second-order valence-electron chi connectivity index (χ2n) is 6.03. The van der Waals surface area contributed by atoms with Crippen molar-refractivity contribution in [3.05, 3.63) is 35.4 Å². The van der Waals surface area contributed by atoms with E-state index >= 15 is 0 Å². The van der Waals surface area contributed by atoms with Gasteiger partial charge in [0.1, 0.15) is 18.0 Å². The Labute approximate surface area is 143 Å². The number of phenols is 1. The van der Waals surface area contributed by atoms with Gasteiger partial charge in [-0.15, -0.1) is 0 Å². The summed E-state index contributed by atoms with van der Waals surface area (Å²) in [4.78, 5) is 13.3. The summed E-state index contributed by atoms with van der Waals surface area (Å²) in [6.45, 7) is 1.20. The first-order valence-corrected chi connectivity index (χ1v) is 9.09. The number of nitrogens with zero attached hydrogens (tertiary/aromatic N) is 2. The number of benzene rings is 1. The number of carbonyl (C=O) groups excluding carboxylic acids is 1. The molecule has 0 unspecified atom stereocenters. The molecule has 0 saturated carbocycles. The van der Waals surface area contributed by atoms with Gasteiger partial charge < -0.3 is 5.11 Å². The molecule has 0 spiro atoms. The van der Waals surface area contributed by atoms with Crippen LogP contribution in [0.25, 0.3) is 0 Å². The van der Waals surface area contributed by atoms with E-state index in [4.69, 9.17) is 0 Å². The van der Waals surface area contributed by atoms with Crippen LogP contribution in [0.15, 0.2) is 24.0 Å². The van der Waals surface area contributed by atoms with E-state index in [-0.39, 0.29) is 0 Å². The Balaban J connectivity index is 1.76. The minimum atomic E-state index is -4.20. The Bertz CT molecular complexity index is 818. The third-order valence-electron chi connectivity index (χ3n) is 4.22. The first-order valence-electron chi connectivity index (χ1n) is 7.65. The molecule has 136 valence electrons. The lowest BCUT2D eigenvalue weighted by Gasteiger charge is -2.18. The van der Waals surface area contributed by atoms with Crippen LogP contribution in [-0.2, 0) is 21.4 Å². The van der Waals surface area contributed by atoms with Gasteiger partial charge >= 0.3 is 10.2 Å². The highest BCUT2D eigenvalue weighted by molar-refractivity contribution is 7.92. The zero-order valence-electron chi connectivity index (χ0n) is 13.2. The second-order valence-corrected chi connectivity index (χ2v) is 7.62. The molecule has 25 heavy (non-hydrogen) atoms. The number of rotatable bonds is 4. The van der Waals surface area contributed by atoms with Crippen LogP contribution < -0.4 is 9.03 Å². The van der Waals surface area contributed by atoms with Gasteiger partial charge in [0.15, 0.2) is 5.82 Å². The number of aromatic hydroxyl groups is 1. The van der Waals surface area contributed by atoms with E-state index in [1.54, 1.807) is 4.72 Å². The van der Waals surface area contributed by atoms with Crippen molar-refractivity contribution < 1.29 is 27.1 Å². The van der Waals surface area contributed by atoms with Crippen LogP contribution in [0.3, 0.4) is 0 Å². The molecule has 10 heteroatoms. The molecular formula is C15H17F2N3O4S. The summed E-state index contributed by atoms with van der Waals surface area (Å²) < 4.78 is 52.7. The van der Waals surface area contributed by atoms with Crippen molar-refractivity contribution in [1.29, 1.82) is 0 Å². The van der Waals surface area contributed by atoms with Crippen LogP contribution in [0.4, 0.5) is 14.5 Å². The molecule has 2 fully saturated rings. The predicted molar refractivity (Wildman–Crippen MR) is 86.4 cm³/mol. The molecule has 2 saturated heterocycles. The topological polar surface area (TPSA) is 90.0 Å². The summed E-state index contributed by atoms with van der Waals surface area (Å²) in [5.74, 6) is -2.28. The van der Waals surface area contributed by atoms with Gasteiger partial charge in [-0.2, -0.15) is 8.42 Å². The zero-order valence-corrected chi connectivity index (χ0v) is 14.0. The lowest BCUT2D eigenvalue weighted by molar-refractivity contribution is -0.117. The Morgan fingerprint density at radius 1 is 1.32 bits per heavy atom. The van der Waals surface area contributed by atoms with Gasteiger partial charge in [0, 0.05) is 19.6 Å². The summed E-state index contributed by atoms with van der Waals surface area (Å²) in [5.41, 5.74) is 0.638. The number of nitrogens with one attached hydrogen (secondary N) is 1. The first-order chi connectivity index (χ1) is 11.8. The van der Waals surface area contributed by atoms with Gasteiger partial charge in [0.25, 0.3) is 5.91 Å². The molecule has 0 bridgehead atoms. The normalized spacial score (nSPS) is 21.9. The molecule has 2 aliphatic rings. The van der Waals surface area contributed by atoms with Crippen LogP contribution in [0, 0.1) is 5.82 Å². The molecule has 1 amide bonds. The molecule has 7 nitrogen and oxygen atoms in total. The lowest BCUT2D eigenvalue weighted by atomic mass is 10.1. The number of carbonyl (C=O) groups is 1. The number of anilines is 1. The Morgan fingerprint density at radius 3 is 2.64 bits per heavy atom. The minimum Gasteiger partial charge on any atom is -0.506 e. The average molecular weight is 373 g/mol. The van der Waals surface area contributed by atoms with Gasteiger partial charge in [-0.1, -0.05) is 0 Å². The molecule has 0 aromatic heterocycles. The van der Waals surface area contributed by atoms with E-state index in [0.29, 0.717) is 54.2 Å². The maximum Gasteiger partial charge on any atom is 0.326 e. The molecule has 0 aliphatic carbocycles. The van der Waals surface area contributed by atoms with E-state index in [9.17, 15) is 27.1 Å². The van der Waals surface area contributed by atoms with Gasteiger partial charge in [-0.05, 0) is 36.1 Å².